The Morgan fingerprint density at radius 3 is 2.53 bits per heavy atom. The highest BCUT2D eigenvalue weighted by atomic mass is 15.0. The van der Waals surface area contributed by atoms with E-state index in [1.54, 1.807) is 0 Å². The van der Waals surface area contributed by atoms with Crippen molar-refractivity contribution in [2.75, 3.05) is 6.54 Å². The molecule has 106 valence electrons. The molecular formula is C17H28N2. The zero-order chi connectivity index (χ0) is 13.6. The van der Waals surface area contributed by atoms with E-state index in [0.717, 1.165) is 19.4 Å². The third-order valence-electron chi connectivity index (χ3n) is 4.43. The van der Waals surface area contributed by atoms with E-state index in [1.165, 1.54) is 37.7 Å². The monoisotopic (exact) mass is 260 g/mol. The molecule has 0 radical (unpaired) electrons. The number of benzene rings is 1. The van der Waals surface area contributed by atoms with Gasteiger partial charge in [0, 0.05) is 11.6 Å². The molecule has 1 atom stereocenters. The molecule has 0 bridgehead atoms. The Morgan fingerprint density at radius 2 is 1.84 bits per heavy atom. The summed E-state index contributed by atoms with van der Waals surface area (Å²) in [5.41, 5.74) is 7.86. The van der Waals surface area contributed by atoms with Crippen molar-refractivity contribution in [2.45, 2.75) is 63.5 Å². The third kappa shape index (κ3) is 4.63. The summed E-state index contributed by atoms with van der Waals surface area (Å²) in [5, 5.41) is 3.75. The molecule has 0 amide bonds. The van der Waals surface area contributed by atoms with Gasteiger partial charge in [-0.2, -0.15) is 0 Å². The van der Waals surface area contributed by atoms with Crippen LogP contribution in [0.5, 0.6) is 0 Å². The minimum atomic E-state index is 0.183. The molecule has 2 nitrogen and oxygen atoms in total. The van der Waals surface area contributed by atoms with E-state index >= 15 is 0 Å². The lowest BCUT2D eigenvalue weighted by molar-refractivity contribution is 0.252. The normalized spacial score (nSPS) is 20.1. The minimum absolute atomic E-state index is 0.183. The lowest BCUT2D eigenvalue weighted by atomic mass is 9.83. The van der Waals surface area contributed by atoms with Crippen LogP contribution in [0.3, 0.4) is 0 Å². The predicted octanol–water partition coefficient (Wildman–Crippen LogP) is 3.78. The topological polar surface area (TPSA) is 38.0 Å². The summed E-state index contributed by atoms with van der Waals surface area (Å²) in [6.07, 6.45) is 9.06. The van der Waals surface area contributed by atoms with E-state index in [9.17, 15) is 0 Å². The highest BCUT2D eigenvalue weighted by Gasteiger charge is 2.25. The molecular weight excluding hydrogens is 232 g/mol. The van der Waals surface area contributed by atoms with Gasteiger partial charge in [-0.05, 0) is 44.7 Å². The minimum Gasteiger partial charge on any atom is -0.324 e. The first-order chi connectivity index (χ1) is 9.20. The van der Waals surface area contributed by atoms with Crippen molar-refractivity contribution in [2.24, 2.45) is 5.73 Å². The van der Waals surface area contributed by atoms with Gasteiger partial charge in [0.15, 0.2) is 0 Å². The van der Waals surface area contributed by atoms with Gasteiger partial charge in [0.1, 0.15) is 0 Å². The molecule has 1 aliphatic rings. The maximum Gasteiger partial charge on any atom is 0.0295 e. The number of rotatable bonds is 6. The van der Waals surface area contributed by atoms with Crippen LogP contribution in [0, 0.1) is 0 Å². The molecule has 1 aliphatic carbocycles. The number of hydrogen-bond donors (Lipinski definition) is 2. The average Bonchev–Trinajstić information content (AvgIpc) is 2.45. The first-order valence-corrected chi connectivity index (χ1v) is 7.75. The quantitative estimate of drug-likeness (QED) is 0.764. The van der Waals surface area contributed by atoms with E-state index in [2.05, 4.69) is 36.5 Å². The van der Waals surface area contributed by atoms with Crippen LogP contribution in [0.2, 0.25) is 0 Å². The van der Waals surface area contributed by atoms with Gasteiger partial charge >= 0.3 is 0 Å². The molecule has 1 fully saturated rings. The van der Waals surface area contributed by atoms with Crippen LogP contribution in [-0.4, -0.2) is 12.1 Å². The molecule has 19 heavy (non-hydrogen) atoms. The summed E-state index contributed by atoms with van der Waals surface area (Å²) in [4.78, 5) is 0. The first-order valence-electron chi connectivity index (χ1n) is 7.75. The lowest BCUT2D eigenvalue weighted by Crippen LogP contribution is -2.44. The standard InChI is InChI=1S/C17H28N2/c1-17(12-6-3-7-13-17)19-14-8-11-16(18)15-9-4-2-5-10-15/h2,4-5,9-10,16,19H,3,6-8,11-14,18H2,1H3. The molecule has 1 aromatic rings. The van der Waals surface area contributed by atoms with Crippen molar-refractivity contribution in [3.8, 4) is 0 Å². The fourth-order valence-corrected chi connectivity index (χ4v) is 3.09. The van der Waals surface area contributed by atoms with Crippen molar-refractivity contribution in [1.82, 2.24) is 5.32 Å². The van der Waals surface area contributed by atoms with Gasteiger partial charge < -0.3 is 11.1 Å². The molecule has 3 N–H and O–H groups in total. The van der Waals surface area contributed by atoms with Crippen LogP contribution in [0.25, 0.3) is 0 Å². The van der Waals surface area contributed by atoms with E-state index in [0.29, 0.717) is 5.54 Å². The van der Waals surface area contributed by atoms with Crippen LogP contribution in [0.1, 0.15) is 63.5 Å². The van der Waals surface area contributed by atoms with Crippen LogP contribution < -0.4 is 11.1 Å². The number of hydrogen-bond acceptors (Lipinski definition) is 2. The molecule has 0 spiro atoms. The molecule has 0 saturated heterocycles. The van der Waals surface area contributed by atoms with Crippen molar-refractivity contribution in [3.63, 3.8) is 0 Å². The lowest BCUT2D eigenvalue weighted by Gasteiger charge is -2.35. The summed E-state index contributed by atoms with van der Waals surface area (Å²) >= 11 is 0. The van der Waals surface area contributed by atoms with E-state index in [1.807, 2.05) is 6.07 Å². The maximum absolute atomic E-state index is 6.22. The van der Waals surface area contributed by atoms with Gasteiger partial charge in [-0.1, -0.05) is 49.6 Å². The molecule has 0 aromatic heterocycles. The molecule has 0 heterocycles. The van der Waals surface area contributed by atoms with Gasteiger partial charge in [-0.15, -0.1) is 0 Å². The number of nitrogens with one attached hydrogen (secondary N) is 1. The Labute approximate surface area is 117 Å². The van der Waals surface area contributed by atoms with Gasteiger partial charge in [0.2, 0.25) is 0 Å². The molecule has 1 aromatic carbocycles. The van der Waals surface area contributed by atoms with E-state index < -0.39 is 0 Å². The van der Waals surface area contributed by atoms with E-state index in [4.69, 9.17) is 5.73 Å². The van der Waals surface area contributed by atoms with Crippen LogP contribution in [0.15, 0.2) is 30.3 Å². The maximum atomic E-state index is 6.22. The zero-order valence-electron chi connectivity index (χ0n) is 12.2. The molecule has 1 saturated carbocycles. The van der Waals surface area contributed by atoms with Gasteiger partial charge in [0.05, 0.1) is 0 Å². The smallest absolute Gasteiger partial charge is 0.0295 e. The summed E-state index contributed by atoms with van der Waals surface area (Å²) < 4.78 is 0. The summed E-state index contributed by atoms with van der Waals surface area (Å²) in [5.74, 6) is 0. The summed E-state index contributed by atoms with van der Waals surface area (Å²) in [6, 6.07) is 10.6. The Kier molecular flexibility index (Phi) is 5.41. The van der Waals surface area contributed by atoms with Gasteiger partial charge in [0.25, 0.3) is 0 Å². The van der Waals surface area contributed by atoms with Crippen molar-refractivity contribution < 1.29 is 0 Å². The molecule has 2 heteroatoms. The van der Waals surface area contributed by atoms with Gasteiger partial charge in [-0.3, -0.25) is 0 Å². The van der Waals surface area contributed by atoms with Crippen LogP contribution >= 0.6 is 0 Å². The fraction of sp³-hybridized carbons (Fsp3) is 0.647. The SMILES string of the molecule is CC1(NCCCC(N)c2ccccc2)CCCCC1. The highest BCUT2D eigenvalue weighted by molar-refractivity contribution is 5.18. The van der Waals surface area contributed by atoms with Crippen LogP contribution in [0.4, 0.5) is 0 Å². The first kappa shape index (κ1) is 14.5. The second-order valence-corrected chi connectivity index (χ2v) is 6.21. The van der Waals surface area contributed by atoms with Gasteiger partial charge in [-0.25, -0.2) is 0 Å². The van der Waals surface area contributed by atoms with E-state index in [-0.39, 0.29) is 6.04 Å². The van der Waals surface area contributed by atoms with Crippen molar-refractivity contribution in [1.29, 1.82) is 0 Å². The van der Waals surface area contributed by atoms with Crippen molar-refractivity contribution in [3.05, 3.63) is 35.9 Å². The highest BCUT2D eigenvalue weighted by Crippen LogP contribution is 2.27. The summed E-state index contributed by atoms with van der Waals surface area (Å²) in [6.45, 7) is 3.47. The Balaban J connectivity index is 1.66. The second kappa shape index (κ2) is 7.06. The Morgan fingerprint density at radius 1 is 1.16 bits per heavy atom. The third-order valence-corrected chi connectivity index (χ3v) is 4.43. The second-order valence-electron chi connectivity index (χ2n) is 6.21. The van der Waals surface area contributed by atoms with Crippen molar-refractivity contribution >= 4 is 0 Å². The Bertz CT molecular complexity index is 355. The summed E-state index contributed by atoms with van der Waals surface area (Å²) in [7, 11) is 0. The largest absolute Gasteiger partial charge is 0.324 e. The Hall–Kier alpha value is -0.860. The van der Waals surface area contributed by atoms with Crippen LogP contribution in [-0.2, 0) is 0 Å². The molecule has 0 aliphatic heterocycles. The number of nitrogens with two attached hydrogens (primary N) is 1. The zero-order valence-corrected chi connectivity index (χ0v) is 12.2. The predicted molar refractivity (Wildman–Crippen MR) is 82.1 cm³/mol. The molecule has 2 rings (SSSR count). The fourth-order valence-electron chi connectivity index (χ4n) is 3.09. The molecule has 1 unspecified atom stereocenters. The average molecular weight is 260 g/mol.